The lowest BCUT2D eigenvalue weighted by Crippen LogP contribution is -2.36. The van der Waals surface area contributed by atoms with E-state index in [-0.39, 0.29) is 6.10 Å². The molecule has 4 heteroatoms. The SMILES string of the molecule is CC1OCCC1N(C)c1csc(C=O)c1. The van der Waals surface area contributed by atoms with Gasteiger partial charge in [-0.1, -0.05) is 0 Å². The molecule has 0 aromatic carbocycles. The highest BCUT2D eigenvalue weighted by molar-refractivity contribution is 7.12. The van der Waals surface area contributed by atoms with Gasteiger partial charge in [0.25, 0.3) is 0 Å². The first-order valence-corrected chi connectivity index (χ1v) is 5.98. The zero-order chi connectivity index (χ0) is 10.8. The second-order valence-corrected chi connectivity index (χ2v) is 4.81. The van der Waals surface area contributed by atoms with Crippen LogP contribution in [-0.4, -0.2) is 32.1 Å². The predicted molar refractivity (Wildman–Crippen MR) is 61.9 cm³/mol. The molecule has 0 amide bonds. The van der Waals surface area contributed by atoms with E-state index < -0.39 is 0 Å². The van der Waals surface area contributed by atoms with Gasteiger partial charge in [-0.15, -0.1) is 11.3 Å². The Hall–Kier alpha value is -0.870. The van der Waals surface area contributed by atoms with Crippen molar-refractivity contribution >= 4 is 23.3 Å². The number of hydrogen-bond acceptors (Lipinski definition) is 4. The first-order valence-electron chi connectivity index (χ1n) is 5.10. The quantitative estimate of drug-likeness (QED) is 0.738. The second kappa shape index (κ2) is 4.33. The van der Waals surface area contributed by atoms with Crippen molar-refractivity contribution in [2.75, 3.05) is 18.6 Å². The number of rotatable bonds is 3. The Morgan fingerprint density at radius 3 is 3.00 bits per heavy atom. The van der Waals surface area contributed by atoms with E-state index in [1.807, 2.05) is 11.4 Å². The number of thiophene rings is 1. The van der Waals surface area contributed by atoms with E-state index in [0.717, 1.165) is 29.9 Å². The zero-order valence-electron chi connectivity index (χ0n) is 8.97. The normalized spacial score (nSPS) is 25.5. The summed E-state index contributed by atoms with van der Waals surface area (Å²) in [7, 11) is 2.06. The van der Waals surface area contributed by atoms with Crippen LogP contribution in [0.5, 0.6) is 0 Å². The summed E-state index contributed by atoms with van der Waals surface area (Å²) in [6, 6.07) is 2.36. The highest BCUT2D eigenvalue weighted by Gasteiger charge is 2.28. The molecular formula is C11H15NO2S. The highest BCUT2D eigenvalue weighted by Crippen LogP contribution is 2.27. The average molecular weight is 225 g/mol. The summed E-state index contributed by atoms with van der Waals surface area (Å²) in [6.07, 6.45) is 2.23. The van der Waals surface area contributed by atoms with E-state index in [1.165, 1.54) is 11.3 Å². The third kappa shape index (κ3) is 2.06. The molecule has 0 N–H and O–H groups in total. The molecule has 2 heterocycles. The summed E-state index contributed by atoms with van der Waals surface area (Å²) in [5.41, 5.74) is 1.12. The number of nitrogens with zero attached hydrogens (tertiary/aromatic N) is 1. The van der Waals surface area contributed by atoms with Gasteiger partial charge >= 0.3 is 0 Å². The number of aldehydes is 1. The van der Waals surface area contributed by atoms with Crippen molar-refractivity contribution in [3.8, 4) is 0 Å². The molecule has 1 aromatic rings. The van der Waals surface area contributed by atoms with E-state index in [9.17, 15) is 4.79 Å². The van der Waals surface area contributed by atoms with Crippen LogP contribution in [0.2, 0.25) is 0 Å². The number of likely N-dealkylation sites (N-methyl/N-ethyl adjacent to an activating group) is 1. The Morgan fingerprint density at radius 1 is 1.67 bits per heavy atom. The Morgan fingerprint density at radius 2 is 2.47 bits per heavy atom. The van der Waals surface area contributed by atoms with E-state index in [2.05, 4.69) is 18.9 Å². The fourth-order valence-electron chi connectivity index (χ4n) is 2.01. The van der Waals surface area contributed by atoms with Crippen LogP contribution in [0.1, 0.15) is 23.0 Å². The minimum atomic E-state index is 0.273. The van der Waals surface area contributed by atoms with E-state index in [1.54, 1.807) is 0 Å². The van der Waals surface area contributed by atoms with E-state index >= 15 is 0 Å². The monoisotopic (exact) mass is 225 g/mol. The molecule has 0 spiro atoms. The molecule has 0 aliphatic carbocycles. The third-order valence-electron chi connectivity index (χ3n) is 2.96. The molecule has 1 aliphatic rings. The first-order chi connectivity index (χ1) is 7.22. The molecule has 0 radical (unpaired) electrons. The standard InChI is InChI=1S/C11H15NO2S/c1-8-11(3-4-14-8)12(2)9-5-10(6-13)15-7-9/h5-8,11H,3-4H2,1-2H3. The van der Waals surface area contributed by atoms with Gasteiger partial charge < -0.3 is 9.64 Å². The Bertz CT molecular complexity index is 350. The second-order valence-electron chi connectivity index (χ2n) is 3.87. The molecule has 1 fully saturated rings. The molecule has 15 heavy (non-hydrogen) atoms. The van der Waals surface area contributed by atoms with Crippen LogP contribution < -0.4 is 4.90 Å². The average Bonchev–Trinajstić information content (AvgIpc) is 2.84. The maximum atomic E-state index is 10.6. The van der Waals surface area contributed by atoms with Crippen molar-refractivity contribution in [1.82, 2.24) is 0 Å². The van der Waals surface area contributed by atoms with Gasteiger partial charge in [-0.3, -0.25) is 4.79 Å². The van der Waals surface area contributed by atoms with Crippen LogP contribution in [0.15, 0.2) is 11.4 Å². The van der Waals surface area contributed by atoms with Crippen LogP contribution >= 0.6 is 11.3 Å². The van der Waals surface area contributed by atoms with Crippen LogP contribution in [0.4, 0.5) is 5.69 Å². The molecule has 1 saturated heterocycles. The molecule has 1 aliphatic heterocycles. The van der Waals surface area contributed by atoms with Gasteiger partial charge in [-0.25, -0.2) is 0 Å². The van der Waals surface area contributed by atoms with E-state index in [4.69, 9.17) is 4.74 Å². The highest BCUT2D eigenvalue weighted by atomic mass is 32.1. The molecule has 2 atom stereocenters. The minimum Gasteiger partial charge on any atom is -0.376 e. The maximum absolute atomic E-state index is 10.6. The van der Waals surface area contributed by atoms with Gasteiger partial charge in [0.15, 0.2) is 6.29 Å². The minimum absolute atomic E-state index is 0.273. The van der Waals surface area contributed by atoms with Gasteiger partial charge in [-0.2, -0.15) is 0 Å². The number of carbonyl (C=O) groups is 1. The van der Waals surface area contributed by atoms with Crippen molar-refractivity contribution in [2.24, 2.45) is 0 Å². The van der Waals surface area contributed by atoms with Gasteiger partial charge in [-0.05, 0) is 19.4 Å². The lowest BCUT2D eigenvalue weighted by molar-refractivity contribution is 0.112. The lowest BCUT2D eigenvalue weighted by atomic mass is 10.1. The summed E-state index contributed by atoms with van der Waals surface area (Å²) >= 11 is 1.49. The van der Waals surface area contributed by atoms with E-state index in [0.29, 0.717) is 6.04 Å². The zero-order valence-corrected chi connectivity index (χ0v) is 9.79. The number of carbonyl (C=O) groups excluding carboxylic acids is 1. The molecule has 1 aromatic heterocycles. The Kier molecular flexibility index (Phi) is 3.07. The fourth-order valence-corrected chi connectivity index (χ4v) is 2.74. The summed E-state index contributed by atoms with van der Waals surface area (Å²) in [5.74, 6) is 0. The van der Waals surface area contributed by atoms with Gasteiger partial charge in [0, 0.05) is 24.7 Å². The van der Waals surface area contributed by atoms with Gasteiger partial charge in [0.1, 0.15) is 0 Å². The molecule has 0 saturated carbocycles. The molecule has 3 nitrogen and oxygen atoms in total. The smallest absolute Gasteiger partial charge is 0.160 e. The van der Waals surface area contributed by atoms with Crippen molar-refractivity contribution in [2.45, 2.75) is 25.5 Å². The Balaban J connectivity index is 2.12. The fraction of sp³-hybridized carbons (Fsp3) is 0.545. The van der Waals surface area contributed by atoms with Gasteiger partial charge in [0.2, 0.25) is 0 Å². The van der Waals surface area contributed by atoms with Crippen molar-refractivity contribution in [3.63, 3.8) is 0 Å². The molecule has 82 valence electrons. The predicted octanol–water partition coefficient (Wildman–Crippen LogP) is 2.17. The summed E-state index contributed by atoms with van der Waals surface area (Å²) in [4.78, 5) is 13.6. The van der Waals surface area contributed by atoms with Crippen molar-refractivity contribution in [1.29, 1.82) is 0 Å². The first kappa shape index (κ1) is 10.6. The topological polar surface area (TPSA) is 29.5 Å². The van der Waals surface area contributed by atoms with Crippen LogP contribution in [0.3, 0.4) is 0 Å². The van der Waals surface area contributed by atoms with Crippen molar-refractivity contribution < 1.29 is 9.53 Å². The van der Waals surface area contributed by atoms with Crippen LogP contribution in [-0.2, 0) is 4.74 Å². The molecule has 0 bridgehead atoms. The molecular weight excluding hydrogens is 210 g/mol. The molecule has 2 rings (SSSR count). The van der Waals surface area contributed by atoms with Crippen LogP contribution in [0.25, 0.3) is 0 Å². The Labute approximate surface area is 93.7 Å². The number of hydrogen-bond donors (Lipinski definition) is 0. The lowest BCUT2D eigenvalue weighted by Gasteiger charge is -2.27. The summed E-state index contributed by atoms with van der Waals surface area (Å²) < 4.78 is 5.53. The van der Waals surface area contributed by atoms with Gasteiger partial charge in [0.05, 0.1) is 17.0 Å². The number of anilines is 1. The summed E-state index contributed by atoms with van der Waals surface area (Å²) in [6.45, 7) is 2.93. The molecule has 2 unspecified atom stereocenters. The maximum Gasteiger partial charge on any atom is 0.160 e. The summed E-state index contributed by atoms with van der Waals surface area (Å²) in [5, 5.41) is 2.02. The van der Waals surface area contributed by atoms with Crippen molar-refractivity contribution in [3.05, 3.63) is 16.3 Å². The largest absolute Gasteiger partial charge is 0.376 e. The van der Waals surface area contributed by atoms with Crippen LogP contribution in [0, 0.1) is 0 Å². The number of ether oxygens (including phenoxy) is 1. The third-order valence-corrected chi connectivity index (χ3v) is 3.81.